The molecule has 0 spiro atoms. The second-order valence-electron chi connectivity index (χ2n) is 8.25. The van der Waals surface area contributed by atoms with Gasteiger partial charge in [0.1, 0.15) is 6.61 Å². The second kappa shape index (κ2) is 12.9. The number of nitrogens with zero attached hydrogens (tertiary/aromatic N) is 1. The highest BCUT2D eigenvalue weighted by atomic mass is 79.9. The van der Waals surface area contributed by atoms with Crippen LogP contribution in [0.5, 0.6) is 0 Å². The minimum Gasteiger partial charge on any atom is -0.461 e. The van der Waals surface area contributed by atoms with Crippen molar-refractivity contribution < 1.29 is 9.53 Å². The van der Waals surface area contributed by atoms with Crippen molar-refractivity contribution in [1.82, 2.24) is 10.2 Å². The summed E-state index contributed by atoms with van der Waals surface area (Å²) in [6, 6.07) is 3.62. The number of hydrogen-bond acceptors (Lipinski definition) is 5. The Morgan fingerprint density at radius 1 is 1.23 bits per heavy atom. The highest BCUT2D eigenvalue weighted by Crippen LogP contribution is 2.32. The quantitative estimate of drug-likeness (QED) is 0.229. The SMILES string of the molecule is CCCN(CCCl)CCOC(=O)c1cc(Br)c(N)c(CNC2(CC)CCCCC2)c1. The zero-order valence-corrected chi connectivity index (χ0v) is 20.8. The molecular formula is C23H37BrClN3O2. The van der Waals surface area contributed by atoms with Gasteiger partial charge in [0.05, 0.1) is 11.3 Å². The standard InChI is InChI=1S/C23H37BrClN3O2/c1-3-11-28(12-10-25)13-14-30-22(29)18-15-19(21(26)20(24)16-18)17-27-23(4-2)8-6-5-7-9-23/h15-16,27H,3-14,17,26H2,1-2H3. The first-order valence-electron chi connectivity index (χ1n) is 11.2. The Kier molecular flexibility index (Phi) is 10.9. The average Bonchev–Trinajstić information content (AvgIpc) is 2.75. The van der Waals surface area contributed by atoms with E-state index in [1.54, 1.807) is 6.07 Å². The Balaban J connectivity index is 2.00. The number of nitrogens with one attached hydrogen (secondary N) is 1. The fourth-order valence-electron chi connectivity index (χ4n) is 4.23. The van der Waals surface area contributed by atoms with Crippen molar-refractivity contribution >= 4 is 39.2 Å². The zero-order chi connectivity index (χ0) is 22.0. The minimum absolute atomic E-state index is 0.179. The molecule has 3 N–H and O–H groups in total. The number of nitrogens with two attached hydrogens (primary N) is 1. The van der Waals surface area contributed by atoms with Gasteiger partial charge in [-0.3, -0.25) is 4.90 Å². The molecule has 0 atom stereocenters. The molecule has 30 heavy (non-hydrogen) atoms. The maximum absolute atomic E-state index is 12.6. The highest BCUT2D eigenvalue weighted by Gasteiger charge is 2.29. The van der Waals surface area contributed by atoms with Crippen LogP contribution < -0.4 is 11.1 Å². The molecule has 0 heterocycles. The van der Waals surface area contributed by atoms with E-state index in [-0.39, 0.29) is 11.5 Å². The highest BCUT2D eigenvalue weighted by molar-refractivity contribution is 9.10. The number of nitrogen functional groups attached to an aromatic ring is 1. The first-order valence-corrected chi connectivity index (χ1v) is 12.6. The molecule has 0 saturated heterocycles. The third kappa shape index (κ3) is 7.40. The summed E-state index contributed by atoms with van der Waals surface area (Å²) < 4.78 is 6.26. The van der Waals surface area contributed by atoms with Crippen molar-refractivity contribution in [2.24, 2.45) is 0 Å². The predicted octanol–water partition coefficient (Wildman–Crippen LogP) is 5.34. The molecule has 1 saturated carbocycles. The number of carbonyl (C=O) groups excluding carboxylic acids is 1. The van der Waals surface area contributed by atoms with Crippen molar-refractivity contribution in [3.63, 3.8) is 0 Å². The van der Waals surface area contributed by atoms with Crippen LogP contribution in [0.15, 0.2) is 16.6 Å². The van der Waals surface area contributed by atoms with Gasteiger partial charge in [-0.1, -0.05) is 33.1 Å². The summed E-state index contributed by atoms with van der Waals surface area (Å²) in [7, 11) is 0. The zero-order valence-electron chi connectivity index (χ0n) is 18.4. The number of benzene rings is 1. The molecule has 5 nitrogen and oxygen atoms in total. The van der Waals surface area contributed by atoms with E-state index in [0.29, 0.717) is 36.8 Å². The van der Waals surface area contributed by atoms with Crippen molar-refractivity contribution in [3.8, 4) is 0 Å². The normalized spacial score (nSPS) is 16.0. The Bertz CT molecular complexity index is 675. The molecule has 1 fully saturated rings. The van der Waals surface area contributed by atoms with Gasteiger partial charge in [0.15, 0.2) is 0 Å². The summed E-state index contributed by atoms with van der Waals surface area (Å²) in [6.45, 7) is 7.82. The molecule has 1 aliphatic carbocycles. The lowest BCUT2D eigenvalue weighted by Crippen LogP contribution is -2.45. The molecule has 0 amide bonds. The van der Waals surface area contributed by atoms with Crippen LogP contribution >= 0.6 is 27.5 Å². The third-order valence-electron chi connectivity index (χ3n) is 6.17. The summed E-state index contributed by atoms with van der Waals surface area (Å²) in [4.78, 5) is 14.8. The van der Waals surface area contributed by atoms with E-state index in [9.17, 15) is 4.79 Å². The second-order valence-corrected chi connectivity index (χ2v) is 9.48. The number of rotatable bonds is 12. The van der Waals surface area contributed by atoms with Gasteiger partial charge in [0, 0.05) is 35.5 Å². The van der Waals surface area contributed by atoms with E-state index in [0.717, 1.165) is 36.0 Å². The molecule has 1 aromatic carbocycles. The van der Waals surface area contributed by atoms with E-state index in [2.05, 4.69) is 40.0 Å². The summed E-state index contributed by atoms with van der Waals surface area (Å²) in [5.74, 6) is 0.260. The Morgan fingerprint density at radius 3 is 2.60 bits per heavy atom. The van der Waals surface area contributed by atoms with Crippen LogP contribution in [0, 0.1) is 0 Å². The summed E-state index contributed by atoms with van der Waals surface area (Å²) in [6.07, 6.45) is 8.40. The van der Waals surface area contributed by atoms with Gasteiger partial charge in [-0.15, -0.1) is 11.6 Å². The number of esters is 1. The van der Waals surface area contributed by atoms with E-state index in [1.807, 2.05) is 6.07 Å². The molecule has 7 heteroatoms. The molecular weight excluding hydrogens is 466 g/mol. The van der Waals surface area contributed by atoms with Gasteiger partial charge in [-0.2, -0.15) is 0 Å². The lowest BCUT2D eigenvalue weighted by molar-refractivity contribution is 0.0464. The number of halogens is 2. The first kappa shape index (κ1) is 25.4. The van der Waals surface area contributed by atoms with Crippen LogP contribution in [0.2, 0.25) is 0 Å². The fraction of sp³-hybridized carbons (Fsp3) is 0.696. The third-order valence-corrected chi connectivity index (χ3v) is 7.00. The molecule has 1 aromatic rings. The van der Waals surface area contributed by atoms with E-state index in [1.165, 1.54) is 32.1 Å². The van der Waals surface area contributed by atoms with Crippen LogP contribution in [0.4, 0.5) is 5.69 Å². The molecule has 1 aliphatic rings. The van der Waals surface area contributed by atoms with Gasteiger partial charge < -0.3 is 15.8 Å². The van der Waals surface area contributed by atoms with Gasteiger partial charge in [0.2, 0.25) is 0 Å². The van der Waals surface area contributed by atoms with Gasteiger partial charge >= 0.3 is 5.97 Å². The number of hydrogen-bond donors (Lipinski definition) is 2. The molecule has 0 unspecified atom stereocenters. The number of anilines is 1. The number of carbonyl (C=O) groups is 1. The summed E-state index contributed by atoms with van der Waals surface area (Å²) >= 11 is 9.36. The van der Waals surface area contributed by atoms with Crippen molar-refractivity contribution in [3.05, 3.63) is 27.7 Å². The van der Waals surface area contributed by atoms with Gasteiger partial charge in [-0.05, 0) is 65.9 Å². The molecule has 170 valence electrons. The molecule has 0 aliphatic heterocycles. The summed E-state index contributed by atoms with van der Waals surface area (Å²) in [5, 5.41) is 3.75. The van der Waals surface area contributed by atoms with Crippen molar-refractivity contribution in [2.45, 2.75) is 70.9 Å². The van der Waals surface area contributed by atoms with Crippen LogP contribution in [0.25, 0.3) is 0 Å². The van der Waals surface area contributed by atoms with E-state index < -0.39 is 0 Å². The smallest absolute Gasteiger partial charge is 0.338 e. The Hall–Kier alpha value is -0.820. The molecule has 0 aromatic heterocycles. The van der Waals surface area contributed by atoms with Crippen LogP contribution in [0.1, 0.15) is 74.7 Å². The van der Waals surface area contributed by atoms with Gasteiger partial charge in [0.25, 0.3) is 0 Å². The van der Waals surface area contributed by atoms with Crippen LogP contribution in [-0.2, 0) is 11.3 Å². The first-order chi connectivity index (χ1) is 14.4. The lowest BCUT2D eigenvalue weighted by Gasteiger charge is -2.38. The van der Waals surface area contributed by atoms with Gasteiger partial charge in [-0.25, -0.2) is 4.79 Å². The van der Waals surface area contributed by atoms with Crippen molar-refractivity contribution in [2.75, 3.05) is 37.9 Å². The molecule has 0 bridgehead atoms. The lowest BCUT2D eigenvalue weighted by atomic mass is 9.79. The summed E-state index contributed by atoms with van der Waals surface area (Å²) in [5.41, 5.74) is 8.62. The van der Waals surface area contributed by atoms with Crippen LogP contribution in [-0.4, -0.2) is 48.5 Å². The Labute approximate surface area is 195 Å². The predicted molar refractivity (Wildman–Crippen MR) is 129 cm³/mol. The molecule has 2 rings (SSSR count). The maximum atomic E-state index is 12.6. The maximum Gasteiger partial charge on any atom is 0.338 e. The average molecular weight is 503 g/mol. The molecule has 0 radical (unpaired) electrons. The van der Waals surface area contributed by atoms with Crippen LogP contribution in [0.3, 0.4) is 0 Å². The van der Waals surface area contributed by atoms with E-state index in [4.69, 9.17) is 22.1 Å². The Morgan fingerprint density at radius 2 is 1.97 bits per heavy atom. The fourth-order valence-corrected chi connectivity index (χ4v) is 4.97. The van der Waals surface area contributed by atoms with Crippen molar-refractivity contribution in [1.29, 1.82) is 0 Å². The number of alkyl halides is 1. The van der Waals surface area contributed by atoms with E-state index >= 15 is 0 Å². The monoisotopic (exact) mass is 501 g/mol. The topological polar surface area (TPSA) is 67.6 Å². The largest absolute Gasteiger partial charge is 0.461 e. The number of ether oxygens (including phenoxy) is 1. The minimum atomic E-state index is -0.317.